The third-order valence-electron chi connectivity index (χ3n) is 2.79. The molecule has 0 aromatic rings. The van der Waals surface area contributed by atoms with Gasteiger partial charge in [-0.15, -0.1) is 12.4 Å². The Morgan fingerprint density at radius 3 is 0.929 bits per heavy atom. The second-order valence-corrected chi connectivity index (χ2v) is 8.71. The predicted molar refractivity (Wildman–Crippen MR) is 74.8 cm³/mol. The van der Waals surface area contributed by atoms with E-state index in [1.165, 1.54) is 25.7 Å². The molecule has 0 spiro atoms. The van der Waals surface area contributed by atoms with Crippen LogP contribution in [0, 0.1) is 0 Å². The highest BCUT2D eigenvalue weighted by molar-refractivity contribution is 7.75. The Morgan fingerprint density at radius 1 is 0.571 bits per heavy atom. The van der Waals surface area contributed by atoms with Gasteiger partial charge in [-0.2, -0.15) is 0 Å². The maximum absolute atomic E-state index is 2.36. The molecule has 0 aromatic carbocycles. The molecule has 0 rings (SSSR count). The van der Waals surface area contributed by atoms with Crippen molar-refractivity contribution in [1.82, 2.24) is 0 Å². The molecule has 0 unspecified atom stereocenters. The molecule has 0 aromatic heterocycles. The Labute approximate surface area is 98.0 Å². The molecule has 0 saturated carbocycles. The average Bonchev–Trinajstić information content (AvgIpc) is 2.06. The molecule has 0 amide bonds. The Hall–Kier alpha value is 0.720. The summed E-state index contributed by atoms with van der Waals surface area (Å²) in [6, 6.07) is 0. The fraction of sp³-hybridized carbons (Fsp3) is 1.00. The molecule has 0 N–H and O–H groups in total. The van der Waals surface area contributed by atoms with Crippen LogP contribution in [0.1, 0.15) is 53.4 Å². The Balaban J connectivity index is 0. The number of hydrogen-bond donors (Lipinski definition) is 0. The number of halogens is 1. The van der Waals surface area contributed by atoms with E-state index >= 15 is 0 Å². The van der Waals surface area contributed by atoms with Crippen molar-refractivity contribution in [3.8, 4) is 0 Å². The van der Waals surface area contributed by atoms with E-state index in [4.69, 9.17) is 0 Å². The van der Waals surface area contributed by atoms with Gasteiger partial charge in [-0.1, -0.05) is 27.7 Å². The summed E-state index contributed by atoms with van der Waals surface area (Å²) in [6.45, 7) is 9.43. The second kappa shape index (κ2) is 10.2. The van der Waals surface area contributed by atoms with Gasteiger partial charge in [-0.05, 0) is 25.7 Å². The third-order valence-corrected chi connectivity index (χ3v) is 8.38. The van der Waals surface area contributed by atoms with Crippen molar-refractivity contribution in [2.75, 3.05) is 24.6 Å². The molecule has 0 nitrogen and oxygen atoms in total. The largest absolute Gasteiger partial charge is 0.147 e. The highest BCUT2D eigenvalue weighted by atomic mass is 35.5. The van der Waals surface area contributed by atoms with Gasteiger partial charge in [0.05, 0.1) is 24.6 Å². The van der Waals surface area contributed by atoms with Gasteiger partial charge in [0, 0.05) is 7.26 Å². The van der Waals surface area contributed by atoms with Gasteiger partial charge in [-0.3, -0.25) is 0 Å². The molecule has 0 bridgehead atoms. The summed E-state index contributed by atoms with van der Waals surface area (Å²) in [7, 11) is -0.496. The molecule has 0 saturated heterocycles. The van der Waals surface area contributed by atoms with Crippen LogP contribution in [0.3, 0.4) is 0 Å². The van der Waals surface area contributed by atoms with Crippen LogP contribution in [-0.2, 0) is 0 Å². The number of rotatable bonds is 8. The zero-order valence-electron chi connectivity index (χ0n) is 10.5. The average molecular weight is 240 g/mol. The summed E-state index contributed by atoms with van der Waals surface area (Å²) in [4.78, 5) is 0. The predicted octanol–water partition coefficient (Wildman–Crippen LogP) is 5.07. The van der Waals surface area contributed by atoms with Crippen molar-refractivity contribution in [1.29, 1.82) is 0 Å². The fourth-order valence-electron chi connectivity index (χ4n) is 2.57. The van der Waals surface area contributed by atoms with Crippen molar-refractivity contribution < 1.29 is 0 Å². The van der Waals surface area contributed by atoms with Crippen molar-refractivity contribution >= 4 is 19.7 Å². The van der Waals surface area contributed by atoms with Crippen LogP contribution in [0.5, 0.6) is 0 Å². The maximum Gasteiger partial charge on any atom is 0.0591 e. The molecule has 0 aliphatic rings. The Kier molecular flexibility index (Phi) is 12.5. The fourth-order valence-corrected chi connectivity index (χ4v) is 7.70. The van der Waals surface area contributed by atoms with Crippen LogP contribution in [-0.4, -0.2) is 24.6 Å². The highest BCUT2D eigenvalue weighted by Gasteiger charge is 2.32. The molecule has 0 fully saturated rings. The van der Waals surface area contributed by atoms with E-state index in [0.29, 0.717) is 0 Å². The number of hydrogen-bond acceptors (Lipinski definition) is 0. The summed E-state index contributed by atoms with van der Waals surface area (Å²) >= 11 is 0. The lowest BCUT2D eigenvalue weighted by atomic mass is 10.5. The molecular weight excluding hydrogens is 211 g/mol. The van der Waals surface area contributed by atoms with E-state index in [9.17, 15) is 0 Å². The van der Waals surface area contributed by atoms with E-state index in [2.05, 4.69) is 27.7 Å². The lowest BCUT2D eigenvalue weighted by Crippen LogP contribution is -2.10. The zero-order valence-corrected chi connectivity index (χ0v) is 12.2. The minimum atomic E-state index is -0.496. The minimum absolute atomic E-state index is 0. The topological polar surface area (TPSA) is 0 Å². The van der Waals surface area contributed by atoms with Crippen molar-refractivity contribution in [3.63, 3.8) is 0 Å². The van der Waals surface area contributed by atoms with Crippen LogP contribution < -0.4 is 0 Å². The molecule has 0 aliphatic carbocycles. The van der Waals surface area contributed by atoms with Gasteiger partial charge < -0.3 is 0 Å². The normalized spacial score (nSPS) is 11.1. The van der Waals surface area contributed by atoms with E-state index < -0.39 is 7.26 Å². The van der Waals surface area contributed by atoms with Gasteiger partial charge in [0.1, 0.15) is 0 Å². The van der Waals surface area contributed by atoms with Crippen LogP contribution >= 0.6 is 19.7 Å². The molecular formula is C12H29ClP+. The van der Waals surface area contributed by atoms with E-state index in [-0.39, 0.29) is 12.4 Å². The molecule has 0 aliphatic heterocycles. The molecule has 88 valence electrons. The van der Waals surface area contributed by atoms with Crippen molar-refractivity contribution in [2.24, 2.45) is 0 Å². The maximum atomic E-state index is 2.36. The van der Waals surface area contributed by atoms with E-state index in [0.717, 1.165) is 0 Å². The van der Waals surface area contributed by atoms with Gasteiger partial charge in [0.2, 0.25) is 0 Å². The van der Waals surface area contributed by atoms with Crippen LogP contribution in [0.15, 0.2) is 0 Å². The molecule has 2 heteroatoms. The first kappa shape index (κ1) is 17.1. The van der Waals surface area contributed by atoms with E-state index in [1.807, 2.05) is 0 Å². The first-order valence-electron chi connectivity index (χ1n) is 6.09. The van der Waals surface area contributed by atoms with Crippen molar-refractivity contribution in [3.05, 3.63) is 0 Å². The van der Waals surface area contributed by atoms with Gasteiger partial charge in [0.25, 0.3) is 0 Å². The van der Waals surface area contributed by atoms with Crippen LogP contribution in [0.2, 0.25) is 0 Å². The van der Waals surface area contributed by atoms with Gasteiger partial charge >= 0.3 is 0 Å². The summed E-state index contributed by atoms with van der Waals surface area (Å²) in [5, 5.41) is 0. The summed E-state index contributed by atoms with van der Waals surface area (Å²) in [5.41, 5.74) is 0. The van der Waals surface area contributed by atoms with Crippen LogP contribution in [0.25, 0.3) is 0 Å². The molecule has 14 heavy (non-hydrogen) atoms. The highest BCUT2D eigenvalue weighted by Crippen LogP contribution is 2.60. The summed E-state index contributed by atoms with van der Waals surface area (Å²) < 4.78 is 0. The zero-order chi connectivity index (χ0) is 10.2. The monoisotopic (exact) mass is 239 g/mol. The molecule has 0 radical (unpaired) electrons. The van der Waals surface area contributed by atoms with Gasteiger partial charge in [0.15, 0.2) is 0 Å². The summed E-state index contributed by atoms with van der Waals surface area (Å²) in [5.74, 6) is 0. The standard InChI is InChI=1S/C12H28P.ClH/c1-5-9-13(10-6-2,11-7-3)12-8-4;/h5-12H2,1-4H3;1H/q+1;. The van der Waals surface area contributed by atoms with Gasteiger partial charge in [-0.25, -0.2) is 0 Å². The quantitative estimate of drug-likeness (QED) is 0.519. The lowest BCUT2D eigenvalue weighted by molar-refractivity contribution is 0.963. The SMILES string of the molecule is CCC[P+](CCC)(CCC)CCC.Cl. The van der Waals surface area contributed by atoms with Crippen molar-refractivity contribution in [2.45, 2.75) is 53.4 Å². The Morgan fingerprint density at radius 2 is 0.786 bits per heavy atom. The Bertz CT molecular complexity index is 85.4. The lowest BCUT2D eigenvalue weighted by Gasteiger charge is -2.26. The van der Waals surface area contributed by atoms with Crippen LogP contribution in [0.4, 0.5) is 0 Å². The minimum Gasteiger partial charge on any atom is -0.147 e. The summed E-state index contributed by atoms with van der Waals surface area (Å²) in [6.07, 6.45) is 11.9. The second-order valence-electron chi connectivity index (χ2n) is 4.24. The third kappa shape index (κ3) is 6.25. The first-order chi connectivity index (χ1) is 6.24. The molecule has 0 heterocycles. The first-order valence-corrected chi connectivity index (χ1v) is 8.62. The molecule has 0 atom stereocenters. The van der Waals surface area contributed by atoms with E-state index in [1.54, 1.807) is 24.6 Å². The smallest absolute Gasteiger partial charge is 0.0591 e.